The van der Waals surface area contributed by atoms with Crippen LogP contribution in [0.15, 0.2) is 12.1 Å². The highest BCUT2D eigenvalue weighted by Gasteiger charge is 2.44. The van der Waals surface area contributed by atoms with E-state index in [1.807, 2.05) is 26.8 Å². The van der Waals surface area contributed by atoms with E-state index in [2.05, 4.69) is 47.6 Å². The van der Waals surface area contributed by atoms with Crippen molar-refractivity contribution < 1.29 is 13.5 Å². The fourth-order valence-electron chi connectivity index (χ4n) is 2.72. The lowest BCUT2D eigenvalue weighted by atomic mass is 9.78. The molecule has 1 heterocycles. The monoisotopic (exact) mass is 353 g/mol. The van der Waals surface area contributed by atoms with Gasteiger partial charge in [-0.25, -0.2) is 0 Å². The number of nitrogens with zero attached hydrogens (tertiary/aromatic N) is 1. The summed E-state index contributed by atoms with van der Waals surface area (Å²) in [6.07, 6.45) is 0. The van der Waals surface area contributed by atoms with Crippen LogP contribution < -0.4 is 4.52 Å². The topological polar surface area (TPSA) is 29.5 Å². The molecule has 0 N–H and O–H groups in total. The van der Waals surface area contributed by atoms with Gasteiger partial charge in [-0.2, -0.15) is 4.20 Å². The summed E-state index contributed by atoms with van der Waals surface area (Å²) in [6, 6.07) is 3.93. The predicted molar refractivity (Wildman–Crippen MR) is 98.4 cm³/mol. The van der Waals surface area contributed by atoms with E-state index in [-0.39, 0.29) is 16.7 Å². The first-order valence-electron chi connectivity index (χ1n) is 8.31. The molecule has 0 saturated heterocycles. The minimum Gasteiger partial charge on any atom is -0.427 e. The van der Waals surface area contributed by atoms with E-state index in [9.17, 15) is 8.99 Å². The normalized spacial score (nSPS) is 19.2. The molecule has 1 amide bonds. The summed E-state index contributed by atoms with van der Waals surface area (Å²) >= 11 is 0. The zero-order valence-corrected chi connectivity index (χ0v) is 17.1. The Morgan fingerprint density at radius 1 is 0.958 bits per heavy atom. The average molecular weight is 353 g/mol. The minimum absolute atomic E-state index is 0.111. The Morgan fingerprint density at radius 2 is 1.50 bits per heavy atom. The number of carbonyl (C=O) groups is 1. The second-order valence-corrected chi connectivity index (χ2v) is 10.5. The first kappa shape index (κ1) is 19.2. The van der Waals surface area contributed by atoms with Gasteiger partial charge in [-0.1, -0.05) is 47.6 Å². The van der Waals surface area contributed by atoms with Crippen LogP contribution in [0.3, 0.4) is 0 Å². The van der Waals surface area contributed by atoms with Crippen LogP contribution in [-0.2, 0) is 10.8 Å². The highest BCUT2D eigenvalue weighted by Crippen LogP contribution is 2.55. The summed E-state index contributed by atoms with van der Waals surface area (Å²) in [5.41, 5.74) is 1.43. The zero-order chi connectivity index (χ0) is 18.7. The Hall–Kier alpha value is -1.15. The first-order chi connectivity index (χ1) is 10.6. The predicted octanol–water partition coefficient (Wildman–Crippen LogP) is 6.11. The number of rotatable bonds is 0. The number of hydrogen-bond acceptors (Lipinski definition) is 2. The molecule has 2 rings (SSSR count). The fourth-order valence-corrected chi connectivity index (χ4v) is 3.87. The van der Waals surface area contributed by atoms with Crippen molar-refractivity contribution in [2.45, 2.75) is 78.7 Å². The van der Waals surface area contributed by atoms with Gasteiger partial charge < -0.3 is 4.52 Å². The number of hydrogen-bond donors (Lipinski definition) is 0. The lowest BCUT2D eigenvalue weighted by molar-refractivity contribution is 0.0738. The molecular weight excluding hydrogens is 324 g/mol. The lowest BCUT2D eigenvalue weighted by Gasteiger charge is -2.41. The molecule has 0 fully saturated rings. The van der Waals surface area contributed by atoms with E-state index >= 15 is 0 Å². The van der Waals surface area contributed by atoms with E-state index in [1.165, 1.54) is 4.67 Å². The summed E-state index contributed by atoms with van der Waals surface area (Å²) in [7, 11) is -2.49. The van der Waals surface area contributed by atoms with Crippen molar-refractivity contribution in [1.82, 2.24) is 4.67 Å². The highest BCUT2D eigenvalue weighted by atomic mass is 31.2. The lowest BCUT2D eigenvalue weighted by Crippen LogP contribution is -2.44. The molecule has 0 bridgehead atoms. The van der Waals surface area contributed by atoms with Crippen LogP contribution in [0.4, 0.5) is 4.20 Å². The van der Waals surface area contributed by atoms with E-state index in [1.54, 1.807) is 0 Å². The molecule has 0 radical (unpaired) electrons. The molecule has 0 aromatic heterocycles. The van der Waals surface area contributed by atoms with Crippen molar-refractivity contribution in [3.63, 3.8) is 0 Å². The maximum Gasteiger partial charge on any atom is 0.397 e. The molecule has 1 unspecified atom stereocenters. The minimum atomic E-state index is -2.49. The summed E-state index contributed by atoms with van der Waals surface area (Å²) in [5.74, 6) is 0.128. The molecule has 0 saturated carbocycles. The van der Waals surface area contributed by atoms with Gasteiger partial charge in [0.05, 0.1) is 5.56 Å². The van der Waals surface area contributed by atoms with Crippen LogP contribution in [-0.4, -0.2) is 16.1 Å². The summed E-state index contributed by atoms with van der Waals surface area (Å²) < 4.78 is 21.6. The Morgan fingerprint density at radius 3 is 1.92 bits per heavy atom. The maximum absolute atomic E-state index is 14.7. The molecular formula is C19H29FNO2P. The van der Waals surface area contributed by atoms with Gasteiger partial charge in [0.1, 0.15) is 5.75 Å². The third-order valence-corrected chi connectivity index (χ3v) is 5.57. The van der Waals surface area contributed by atoms with Gasteiger partial charge in [-0.15, -0.1) is 0 Å². The molecule has 134 valence electrons. The van der Waals surface area contributed by atoms with Crippen molar-refractivity contribution in [3.8, 4) is 5.75 Å². The van der Waals surface area contributed by atoms with Gasteiger partial charge >= 0.3 is 8.61 Å². The van der Waals surface area contributed by atoms with Crippen molar-refractivity contribution in [3.05, 3.63) is 28.8 Å². The molecule has 1 aromatic carbocycles. The van der Waals surface area contributed by atoms with Crippen LogP contribution >= 0.6 is 8.61 Å². The van der Waals surface area contributed by atoms with E-state index in [0.717, 1.165) is 11.1 Å². The van der Waals surface area contributed by atoms with Crippen molar-refractivity contribution in [2.24, 2.45) is 0 Å². The SMILES string of the molecule is CC(C)(C)c1cc2c(c(C(C)(C)C)c1)OP(F)N(C(C)(C)C)C2=O. The van der Waals surface area contributed by atoms with Gasteiger partial charge in [-0.05, 0) is 43.2 Å². The quantitative estimate of drug-likeness (QED) is 0.527. The molecule has 1 aromatic rings. The third kappa shape index (κ3) is 3.44. The smallest absolute Gasteiger partial charge is 0.397 e. The Kier molecular flexibility index (Phi) is 4.55. The van der Waals surface area contributed by atoms with Crippen LogP contribution in [0, 0.1) is 0 Å². The Balaban J connectivity index is 2.75. The van der Waals surface area contributed by atoms with E-state index in [0.29, 0.717) is 11.3 Å². The molecule has 5 heteroatoms. The van der Waals surface area contributed by atoms with Crippen LogP contribution in [0.5, 0.6) is 5.75 Å². The third-order valence-electron chi connectivity index (χ3n) is 4.15. The number of halogens is 1. The fraction of sp³-hybridized carbons (Fsp3) is 0.632. The molecule has 3 nitrogen and oxygen atoms in total. The van der Waals surface area contributed by atoms with Gasteiger partial charge in [0.25, 0.3) is 5.91 Å². The standard InChI is InChI=1S/C19H29FNO2P/c1-17(2,3)12-10-13-15(14(11-12)18(4,5)6)23-24(20)21(16(13)22)19(7,8)9/h10-11H,1-9H3. The first-order valence-corrected chi connectivity index (χ1v) is 9.41. The van der Waals surface area contributed by atoms with E-state index < -0.39 is 14.1 Å². The van der Waals surface area contributed by atoms with Crippen molar-refractivity contribution in [2.75, 3.05) is 0 Å². The molecule has 0 spiro atoms. The van der Waals surface area contributed by atoms with E-state index in [4.69, 9.17) is 4.52 Å². The molecule has 1 aliphatic rings. The average Bonchev–Trinajstić information content (AvgIpc) is 2.33. The number of fused-ring (bicyclic) bond motifs is 1. The van der Waals surface area contributed by atoms with Gasteiger partial charge in [-0.3, -0.25) is 9.46 Å². The van der Waals surface area contributed by atoms with Gasteiger partial charge in [0.15, 0.2) is 0 Å². The summed E-state index contributed by atoms with van der Waals surface area (Å²) in [5, 5.41) is 0. The number of benzene rings is 1. The zero-order valence-electron chi connectivity index (χ0n) is 16.2. The number of amides is 1. The molecule has 24 heavy (non-hydrogen) atoms. The second-order valence-electron chi connectivity index (χ2n) is 9.51. The Labute approximate surface area is 146 Å². The van der Waals surface area contributed by atoms with Gasteiger partial charge in [0, 0.05) is 11.1 Å². The Bertz CT molecular complexity index is 666. The van der Waals surface area contributed by atoms with Crippen molar-refractivity contribution >= 4 is 14.5 Å². The highest BCUT2D eigenvalue weighted by molar-refractivity contribution is 7.45. The summed E-state index contributed by atoms with van der Waals surface area (Å²) in [6.45, 7) is 18.0. The van der Waals surface area contributed by atoms with Gasteiger partial charge in [0.2, 0.25) is 0 Å². The molecule has 1 atom stereocenters. The molecule has 0 aliphatic carbocycles. The second kappa shape index (κ2) is 5.69. The van der Waals surface area contributed by atoms with Crippen LogP contribution in [0.2, 0.25) is 0 Å². The summed E-state index contributed by atoms with van der Waals surface area (Å²) in [4.78, 5) is 13.1. The molecule has 1 aliphatic heterocycles. The number of carbonyl (C=O) groups excluding carboxylic acids is 1. The van der Waals surface area contributed by atoms with Crippen molar-refractivity contribution in [1.29, 1.82) is 0 Å². The maximum atomic E-state index is 14.7. The largest absolute Gasteiger partial charge is 0.427 e. The van der Waals surface area contributed by atoms with Crippen LogP contribution in [0.1, 0.15) is 83.8 Å². The van der Waals surface area contributed by atoms with Crippen LogP contribution in [0.25, 0.3) is 0 Å².